The smallest absolute Gasteiger partial charge is 0.284 e. The van der Waals surface area contributed by atoms with Crippen LogP contribution in [0.15, 0.2) is 18.2 Å². The van der Waals surface area contributed by atoms with Crippen molar-refractivity contribution in [2.75, 3.05) is 5.88 Å². The largest absolute Gasteiger partial charge is 0.467 e. The number of carbonyl (C=O) groups excluding carboxylic acids is 1. The summed E-state index contributed by atoms with van der Waals surface area (Å²) in [6, 6.07) is 4.73. The number of amides is 1. The van der Waals surface area contributed by atoms with Crippen LogP contribution in [-0.2, 0) is 0 Å². The van der Waals surface area contributed by atoms with Crippen molar-refractivity contribution in [1.82, 2.24) is 5.06 Å². The van der Waals surface area contributed by atoms with Crippen LogP contribution in [0.25, 0.3) is 0 Å². The van der Waals surface area contributed by atoms with E-state index in [1.807, 2.05) is 0 Å². The van der Waals surface area contributed by atoms with Gasteiger partial charge in [-0.15, -0.1) is 11.6 Å². The van der Waals surface area contributed by atoms with E-state index in [0.717, 1.165) is 0 Å². The fourth-order valence-electron chi connectivity index (χ4n) is 1.66. The summed E-state index contributed by atoms with van der Waals surface area (Å²) in [5.74, 6) is 0.382. The van der Waals surface area contributed by atoms with Crippen LogP contribution in [0.3, 0.4) is 0 Å². The van der Waals surface area contributed by atoms with Gasteiger partial charge in [0.05, 0.1) is 5.56 Å². The molecule has 1 unspecified atom stereocenters. The van der Waals surface area contributed by atoms with Gasteiger partial charge in [-0.3, -0.25) is 10.0 Å². The molecule has 0 radical (unpaired) electrons. The summed E-state index contributed by atoms with van der Waals surface area (Å²) < 4.78 is 5.51. The molecule has 1 aliphatic rings. The molecular weight excluding hydrogens is 265 g/mol. The number of carbonyl (C=O) groups is 1. The molecule has 0 aliphatic carbocycles. The number of nitrogens with zero attached hydrogens (tertiary/aromatic N) is 1. The lowest BCUT2D eigenvalue weighted by molar-refractivity contribution is -0.156. The Morgan fingerprint density at radius 3 is 2.94 bits per heavy atom. The fourth-order valence-corrected chi connectivity index (χ4v) is 1.98. The summed E-state index contributed by atoms with van der Waals surface area (Å²) in [6.07, 6.45) is 0.447. The Kier molecular flexibility index (Phi) is 3.76. The van der Waals surface area contributed by atoms with Gasteiger partial charge < -0.3 is 4.74 Å². The molecule has 0 saturated heterocycles. The molecule has 1 aliphatic heterocycles. The van der Waals surface area contributed by atoms with E-state index in [0.29, 0.717) is 34.6 Å². The summed E-state index contributed by atoms with van der Waals surface area (Å²) >= 11 is 11.4. The van der Waals surface area contributed by atoms with Gasteiger partial charge >= 0.3 is 0 Å². The van der Waals surface area contributed by atoms with E-state index in [4.69, 9.17) is 27.9 Å². The molecule has 2 rings (SSSR count). The zero-order chi connectivity index (χ0) is 12.4. The second-order valence-electron chi connectivity index (χ2n) is 3.69. The van der Waals surface area contributed by atoms with Crippen LogP contribution in [0.5, 0.6) is 5.75 Å². The normalized spacial score (nSPS) is 18.9. The summed E-state index contributed by atoms with van der Waals surface area (Å²) in [6.45, 7) is 0. The number of rotatable bonds is 3. The first-order valence-electron chi connectivity index (χ1n) is 5.18. The number of benzene rings is 1. The van der Waals surface area contributed by atoms with E-state index in [9.17, 15) is 10.0 Å². The molecule has 1 N–H and O–H groups in total. The zero-order valence-electron chi connectivity index (χ0n) is 8.90. The Morgan fingerprint density at radius 1 is 1.47 bits per heavy atom. The minimum atomic E-state index is -0.685. The maximum absolute atomic E-state index is 11.8. The van der Waals surface area contributed by atoms with Crippen molar-refractivity contribution in [3.63, 3.8) is 0 Å². The van der Waals surface area contributed by atoms with E-state index in [1.165, 1.54) is 6.07 Å². The standard InChI is InChI=1S/C11H11Cl2NO3/c12-5-1-2-10-14(16)11(15)8-6-7(13)3-4-9(8)17-10/h3-4,6,10,16H,1-2,5H2. The molecule has 1 aromatic rings. The molecular formula is C11H11Cl2NO3. The highest BCUT2D eigenvalue weighted by molar-refractivity contribution is 6.31. The Bertz CT molecular complexity index is 439. The summed E-state index contributed by atoms with van der Waals surface area (Å²) in [7, 11) is 0. The Hall–Kier alpha value is -0.970. The summed E-state index contributed by atoms with van der Waals surface area (Å²) in [4.78, 5) is 11.8. The summed E-state index contributed by atoms with van der Waals surface area (Å²) in [5, 5.41) is 10.7. The second kappa shape index (κ2) is 5.12. The average Bonchev–Trinajstić information content (AvgIpc) is 2.33. The van der Waals surface area contributed by atoms with Crippen LogP contribution in [0.4, 0.5) is 0 Å². The van der Waals surface area contributed by atoms with Crippen LogP contribution in [0, 0.1) is 0 Å². The minimum absolute atomic E-state index is 0.266. The van der Waals surface area contributed by atoms with Crippen molar-refractivity contribution >= 4 is 29.1 Å². The molecule has 1 amide bonds. The van der Waals surface area contributed by atoms with Crippen molar-refractivity contribution in [3.8, 4) is 5.75 Å². The number of hydrogen-bond acceptors (Lipinski definition) is 3. The highest BCUT2D eigenvalue weighted by Gasteiger charge is 2.32. The Balaban J connectivity index is 2.26. The first kappa shape index (κ1) is 12.5. The van der Waals surface area contributed by atoms with Gasteiger partial charge in [-0.2, -0.15) is 5.06 Å². The lowest BCUT2D eigenvalue weighted by Gasteiger charge is -2.32. The third kappa shape index (κ3) is 2.49. The molecule has 6 heteroatoms. The van der Waals surface area contributed by atoms with Gasteiger partial charge in [0, 0.05) is 17.3 Å². The second-order valence-corrected chi connectivity index (χ2v) is 4.51. The topological polar surface area (TPSA) is 49.8 Å². The first-order chi connectivity index (χ1) is 8.13. The van der Waals surface area contributed by atoms with E-state index >= 15 is 0 Å². The van der Waals surface area contributed by atoms with E-state index < -0.39 is 12.1 Å². The van der Waals surface area contributed by atoms with Crippen molar-refractivity contribution < 1.29 is 14.7 Å². The third-order valence-electron chi connectivity index (χ3n) is 2.50. The molecule has 1 atom stereocenters. The first-order valence-corrected chi connectivity index (χ1v) is 6.09. The van der Waals surface area contributed by atoms with Crippen LogP contribution >= 0.6 is 23.2 Å². The van der Waals surface area contributed by atoms with E-state index in [-0.39, 0.29) is 5.56 Å². The van der Waals surface area contributed by atoms with Crippen molar-refractivity contribution in [2.24, 2.45) is 0 Å². The molecule has 1 aromatic carbocycles. The molecule has 0 saturated carbocycles. The molecule has 0 aromatic heterocycles. The molecule has 4 nitrogen and oxygen atoms in total. The minimum Gasteiger partial charge on any atom is -0.467 e. The van der Waals surface area contributed by atoms with Gasteiger partial charge in [0.2, 0.25) is 0 Å². The van der Waals surface area contributed by atoms with Crippen molar-refractivity contribution in [3.05, 3.63) is 28.8 Å². The molecule has 17 heavy (non-hydrogen) atoms. The number of hydrogen-bond donors (Lipinski definition) is 1. The van der Waals surface area contributed by atoms with Gasteiger partial charge in [0.15, 0.2) is 6.23 Å². The van der Waals surface area contributed by atoms with Crippen LogP contribution < -0.4 is 4.74 Å². The summed E-state index contributed by atoms with van der Waals surface area (Å²) in [5.41, 5.74) is 0.266. The lowest BCUT2D eigenvalue weighted by Crippen LogP contribution is -2.45. The zero-order valence-corrected chi connectivity index (χ0v) is 10.4. The highest BCUT2D eigenvalue weighted by Crippen LogP contribution is 2.30. The number of hydroxylamine groups is 2. The van der Waals surface area contributed by atoms with Gasteiger partial charge in [-0.25, -0.2) is 0 Å². The number of alkyl halides is 1. The number of fused-ring (bicyclic) bond motifs is 1. The molecule has 0 fully saturated rings. The van der Waals surface area contributed by atoms with Crippen molar-refractivity contribution in [2.45, 2.75) is 19.1 Å². The van der Waals surface area contributed by atoms with Crippen LogP contribution in [0.1, 0.15) is 23.2 Å². The highest BCUT2D eigenvalue weighted by atomic mass is 35.5. The Labute approximate surface area is 109 Å². The number of ether oxygens (including phenoxy) is 1. The van der Waals surface area contributed by atoms with Gasteiger partial charge in [-0.05, 0) is 24.6 Å². The number of halogens is 2. The SMILES string of the molecule is O=C1c2cc(Cl)ccc2OC(CCCCl)N1O. The maximum atomic E-state index is 11.8. The predicted molar refractivity (Wildman–Crippen MR) is 63.8 cm³/mol. The van der Waals surface area contributed by atoms with E-state index in [2.05, 4.69) is 0 Å². The monoisotopic (exact) mass is 275 g/mol. The van der Waals surface area contributed by atoms with Crippen molar-refractivity contribution in [1.29, 1.82) is 0 Å². The quantitative estimate of drug-likeness (QED) is 0.682. The predicted octanol–water partition coefficient (Wildman–Crippen LogP) is 2.91. The van der Waals surface area contributed by atoms with Crippen LogP contribution in [-0.4, -0.2) is 28.3 Å². The molecule has 0 spiro atoms. The van der Waals surface area contributed by atoms with Gasteiger partial charge in [0.25, 0.3) is 5.91 Å². The Morgan fingerprint density at radius 2 is 2.24 bits per heavy atom. The van der Waals surface area contributed by atoms with Crippen LogP contribution in [0.2, 0.25) is 5.02 Å². The maximum Gasteiger partial charge on any atom is 0.284 e. The average molecular weight is 276 g/mol. The molecule has 92 valence electrons. The fraction of sp³-hybridized carbons (Fsp3) is 0.364. The lowest BCUT2D eigenvalue weighted by atomic mass is 10.1. The molecule has 1 heterocycles. The van der Waals surface area contributed by atoms with Gasteiger partial charge in [0.1, 0.15) is 5.75 Å². The third-order valence-corrected chi connectivity index (χ3v) is 3.00. The van der Waals surface area contributed by atoms with E-state index in [1.54, 1.807) is 12.1 Å². The molecule has 0 bridgehead atoms. The van der Waals surface area contributed by atoms with Gasteiger partial charge in [-0.1, -0.05) is 11.6 Å².